The highest BCUT2D eigenvalue weighted by Gasteiger charge is 2.08. The lowest BCUT2D eigenvalue weighted by Gasteiger charge is -2.11. The van der Waals surface area contributed by atoms with Crippen LogP contribution < -0.4 is 10.6 Å². The van der Waals surface area contributed by atoms with Crippen molar-refractivity contribution in [3.8, 4) is 0 Å². The SMILES string of the molecule is CC(C)CNC(=O)CNc1ccc(C(=O)N(C)C)cn1. The molecule has 0 saturated carbocycles. The van der Waals surface area contributed by atoms with Gasteiger partial charge in [-0.25, -0.2) is 4.98 Å². The molecule has 2 N–H and O–H groups in total. The van der Waals surface area contributed by atoms with Crippen LogP contribution in [-0.2, 0) is 4.79 Å². The van der Waals surface area contributed by atoms with Crippen LogP contribution in [0.3, 0.4) is 0 Å². The number of aromatic nitrogens is 1. The third-order valence-electron chi connectivity index (χ3n) is 2.55. The number of hydrogen-bond donors (Lipinski definition) is 2. The van der Waals surface area contributed by atoms with E-state index in [-0.39, 0.29) is 18.4 Å². The number of pyridine rings is 1. The lowest BCUT2D eigenvalue weighted by molar-refractivity contribution is -0.119. The Bertz CT molecular complexity index is 455. The van der Waals surface area contributed by atoms with E-state index in [4.69, 9.17) is 0 Å². The first-order chi connectivity index (χ1) is 9.40. The van der Waals surface area contributed by atoms with Crippen molar-refractivity contribution in [2.45, 2.75) is 13.8 Å². The molecular formula is C14H22N4O2. The van der Waals surface area contributed by atoms with Gasteiger partial charge in [0, 0.05) is 26.8 Å². The number of nitrogens with one attached hydrogen (secondary N) is 2. The van der Waals surface area contributed by atoms with E-state index >= 15 is 0 Å². The number of hydrogen-bond acceptors (Lipinski definition) is 4. The average molecular weight is 278 g/mol. The molecule has 1 rings (SSSR count). The lowest BCUT2D eigenvalue weighted by Crippen LogP contribution is -2.32. The summed E-state index contributed by atoms with van der Waals surface area (Å²) in [5.74, 6) is 0.820. The fourth-order valence-electron chi connectivity index (χ4n) is 1.43. The van der Waals surface area contributed by atoms with Crippen LogP contribution in [0.25, 0.3) is 0 Å². The minimum absolute atomic E-state index is 0.0751. The molecule has 0 aliphatic rings. The van der Waals surface area contributed by atoms with Gasteiger partial charge in [0.1, 0.15) is 5.82 Å². The van der Waals surface area contributed by atoms with Gasteiger partial charge in [-0.3, -0.25) is 9.59 Å². The lowest BCUT2D eigenvalue weighted by atomic mass is 10.2. The Hall–Kier alpha value is -2.11. The monoisotopic (exact) mass is 278 g/mol. The second-order valence-corrected chi connectivity index (χ2v) is 5.18. The molecule has 0 bridgehead atoms. The zero-order valence-electron chi connectivity index (χ0n) is 12.4. The van der Waals surface area contributed by atoms with Crippen molar-refractivity contribution in [2.24, 2.45) is 5.92 Å². The molecule has 0 radical (unpaired) electrons. The highest BCUT2D eigenvalue weighted by Crippen LogP contribution is 2.06. The van der Waals surface area contributed by atoms with Crippen LogP contribution in [0.15, 0.2) is 18.3 Å². The Kier molecular flexibility index (Phi) is 5.96. The fourth-order valence-corrected chi connectivity index (χ4v) is 1.43. The van der Waals surface area contributed by atoms with E-state index in [1.54, 1.807) is 26.2 Å². The second kappa shape index (κ2) is 7.47. The average Bonchev–Trinajstić information content (AvgIpc) is 2.42. The van der Waals surface area contributed by atoms with E-state index < -0.39 is 0 Å². The van der Waals surface area contributed by atoms with E-state index in [0.29, 0.717) is 23.8 Å². The van der Waals surface area contributed by atoms with Gasteiger partial charge in [0.05, 0.1) is 12.1 Å². The molecule has 1 aromatic rings. The Balaban J connectivity index is 2.46. The Morgan fingerprint density at radius 3 is 2.50 bits per heavy atom. The summed E-state index contributed by atoms with van der Waals surface area (Å²) in [7, 11) is 3.38. The van der Waals surface area contributed by atoms with Crippen molar-refractivity contribution in [3.63, 3.8) is 0 Å². The Morgan fingerprint density at radius 1 is 1.30 bits per heavy atom. The predicted octanol–water partition coefficient (Wildman–Crippen LogP) is 0.967. The molecule has 0 unspecified atom stereocenters. The molecule has 0 fully saturated rings. The zero-order chi connectivity index (χ0) is 15.1. The molecule has 6 heteroatoms. The molecule has 110 valence electrons. The van der Waals surface area contributed by atoms with Gasteiger partial charge in [-0.2, -0.15) is 0 Å². The predicted molar refractivity (Wildman–Crippen MR) is 78.6 cm³/mol. The maximum absolute atomic E-state index is 11.7. The minimum Gasteiger partial charge on any atom is -0.361 e. The second-order valence-electron chi connectivity index (χ2n) is 5.18. The molecule has 0 aromatic carbocycles. The summed E-state index contributed by atoms with van der Waals surface area (Å²) in [5.41, 5.74) is 0.518. The molecule has 20 heavy (non-hydrogen) atoms. The first-order valence-electron chi connectivity index (χ1n) is 6.58. The van der Waals surface area contributed by atoms with Gasteiger partial charge in [0.2, 0.25) is 5.91 Å². The Labute approximate surface area is 119 Å². The third kappa shape index (κ3) is 5.26. The van der Waals surface area contributed by atoms with Crippen LogP contribution in [0, 0.1) is 5.92 Å². The molecule has 0 aliphatic carbocycles. The molecule has 6 nitrogen and oxygen atoms in total. The number of carbonyl (C=O) groups is 2. The van der Waals surface area contributed by atoms with Crippen molar-refractivity contribution in [1.82, 2.24) is 15.2 Å². The molecule has 0 atom stereocenters. The third-order valence-corrected chi connectivity index (χ3v) is 2.55. The van der Waals surface area contributed by atoms with Crippen molar-refractivity contribution >= 4 is 17.6 Å². The van der Waals surface area contributed by atoms with Crippen LogP contribution in [-0.4, -0.2) is 48.9 Å². The fraction of sp³-hybridized carbons (Fsp3) is 0.500. The number of amides is 2. The highest BCUT2D eigenvalue weighted by molar-refractivity contribution is 5.93. The van der Waals surface area contributed by atoms with Crippen LogP contribution in [0.2, 0.25) is 0 Å². The maximum atomic E-state index is 11.7. The van der Waals surface area contributed by atoms with Crippen LogP contribution in [0.1, 0.15) is 24.2 Å². The van der Waals surface area contributed by atoms with Gasteiger partial charge < -0.3 is 15.5 Å². The standard InChI is InChI=1S/C14H22N4O2/c1-10(2)7-17-13(19)9-16-12-6-5-11(8-15-12)14(20)18(3)4/h5-6,8,10H,7,9H2,1-4H3,(H,15,16)(H,17,19). The maximum Gasteiger partial charge on any atom is 0.254 e. The van der Waals surface area contributed by atoms with Crippen molar-refractivity contribution < 1.29 is 9.59 Å². The Morgan fingerprint density at radius 2 is 2.00 bits per heavy atom. The van der Waals surface area contributed by atoms with Crippen molar-refractivity contribution in [2.75, 3.05) is 32.5 Å². The minimum atomic E-state index is -0.0984. The summed E-state index contributed by atoms with van der Waals surface area (Å²) < 4.78 is 0. The number of nitrogens with zero attached hydrogens (tertiary/aromatic N) is 2. The largest absolute Gasteiger partial charge is 0.361 e. The number of rotatable bonds is 6. The highest BCUT2D eigenvalue weighted by atomic mass is 16.2. The molecular weight excluding hydrogens is 256 g/mol. The number of carbonyl (C=O) groups excluding carboxylic acids is 2. The molecule has 0 aliphatic heterocycles. The summed E-state index contributed by atoms with van der Waals surface area (Å²) in [4.78, 5) is 28.8. The summed E-state index contributed by atoms with van der Waals surface area (Å²) in [6.07, 6.45) is 1.50. The van der Waals surface area contributed by atoms with E-state index in [1.807, 2.05) is 13.8 Å². The van der Waals surface area contributed by atoms with Gasteiger partial charge in [0.15, 0.2) is 0 Å². The normalized spacial score (nSPS) is 10.2. The first-order valence-corrected chi connectivity index (χ1v) is 6.58. The first kappa shape index (κ1) is 15.9. The summed E-state index contributed by atoms with van der Waals surface area (Å²) in [6.45, 7) is 4.90. The molecule has 0 spiro atoms. The van der Waals surface area contributed by atoms with E-state index in [1.165, 1.54) is 11.1 Å². The molecule has 2 amide bonds. The quantitative estimate of drug-likeness (QED) is 0.813. The summed E-state index contributed by atoms with van der Waals surface area (Å²) in [6, 6.07) is 3.37. The molecule has 1 heterocycles. The van der Waals surface area contributed by atoms with Gasteiger partial charge >= 0.3 is 0 Å². The van der Waals surface area contributed by atoms with E-state index in [0.717, 1.165) is 0 Å². The van der Waals surface area contributed by atoms with E-state index in [2.05, 4.69) is 15.6 Å². The zero-order valence-corrected chi connectivity index (χ0v) is 12.4. The summed E-state index contributed by atoms with van der Waals surface area (Å²) >= 11 is 0. The molecule has 0 saturated heterocycles. The van der Waals surface area contributed by atoms with Crippen LogP contribution >= 0.6 is 0 Å². The van der Waals surface area contributed by atoms with Gasteiger partial charge in [-0.1, -0.05) is 13.8 Å². The van der Waals surface area contributed by atoms with Gasteiger partial charge in [-0.05, 0) is 18.1 Å². The van der Waals surface area contributed by atoms with Gasteiger partial charge in [0.25, 0.3) is 5.91 Å². The topological polar surface area (TPSA) is 74.3 Å². The van der Waals surface area contributed by atoms with E-state index in [9.17, 15) is 9.59 Å². The van der Waals surface area contributed by atoms with Crippen LogP contribution in [0.4, 0.5) is 5.82 Å². The number of anilines is 1. The van der Waals surface area contributed by atoms with Crippen molar-refractivity contribution in [3.05, 3.63) is 23.9 Å². The van der Waals surface area contributed by atoms with Gasteiger partial charge in [-0.15, -0.1) is 0 Å². The smallest absolute Gasteiger partial charge is 0.254 e. The summed E-state index contributed by atoms with van der Waals surface area (Å²) in [5, 5.41) is 5.72. The van der Waals surface area contributed by atoms with Crippen LogP contribution in [0.5, 0.6) is 0 Å². The van der Waals surface area contributed by atoms with Crippen molar-refractivity contribution in [1.29, 1.82) is 0 Å². The molecule has 1 aromatic heterocycles.